The van der Waals surface area contributed by atoms with Crippen LogP contribution in [0, 0.1) is 0 Å². The molecule has 1 unspecified atom stereocenters. The predicted molar refractivity (Wildman–Crippen MR) is 98.8 cm³/mol. The molecule has 0 saturated carbocycles. The molecule has 1 aromatic rings. The standard InChI is InChI=1S/C21H27NO5/c1-20(2,3)27-19(24)21-11-7-10-15(22(21)13-21)17-16(23)12-25-18(26-17)14-8-5-4-6-9-14/h4-10,15-18,23H,11-13H2,1-3H3/t15-,16-,17+,18-,21+,22?/m1/s1. The Balaban J connectivity index is 1.50. The molecule has 3 aliphatic heterocycles. The van der Waals surface area contributed by atoms with Crippen molar-refractivity contribution in [2.24, 2.45) is 0 Å². The zero-order valence-electron chi connectivity index (χ0n) is 16.0. The van der Waals surface area contributed by atoms with E-state index in [0.29, 0.717) is 13.0 Å². The van der Waals surface area contributed by atoms with Crippen LogP contribution in [0.3, 0.4) is 0 Å². The molecule has 6 atom stereocenters. The number of esters is 1. The van der Waals surface area contributed by atoms with E-state index < -0.39 is 29.6 Å². The monoisotopic (exact) mass is 373 g/mol. The summed E-state index contributed by atoms with van der Waals surface area (Å²) in [6, 6.07) is 9.50. The number of aliphatic hydroxyl groups excluding tert-OH is 1. The Labute approximate surface area is 159 Å². The van der Waals surface area contributed by atoms with E-state index in [4.69, 9.17) is 14.2 Å². The zero-order chi connectivity index (χ0) is 19.2. The summed E-state index contributed by atoms with van der Waals surface area (Å²) in [6.45, 7) is 6.44. The van der Waals surface area contributed by atoms with Gasteiger partial charge < -0.3 is 19.3 Å². The summed E-state index contributed by atoms with van der Waals surface area (Å²) >= 11 is 0. The smallest absolute Gasteiger partial charge is 0.328 e. The molecule has 2 saturated heterocycles. The minimum absolute atomic E-state index is 0.184. The van der Waals surface area contributed by atoms with Crippen molar-refractivity contribution in [1.82, 2.24) is 4.90 Å². The van der Waals surface area contributed by atoms with Crippen LogP contribution in [0.2, 0.25) is 0 Å². The van der Waals surface area contributed by atoms with Gasteiger partial charge >= 0.3 is 5.97 Å². The maximum absolute atomic E-state index is 12.7. The van der Waals surface area contributed by atoms with Crippen LogP contribution in [0.5, 0.6) is 0 Å². The molecule has 27 heavy (non-hydrogen) atoms. The topological polar surface area (TPSA) is 68.0 Å². The van der Waals surface area contributed by atoms with E-state index in [1.807, 2.05) is 63.3 Å². The van der Waals surface area contributed by atoms with Crippen LogP contribution in [-0.4, -0.2) is 58.5 Å². The highest BCUT2D eigenvalue weighted by Gasteiger charge is 2.64. The summed E-state index contributed by atoms with van der Waals surface area (Å²) in [5.41, 5.74) is -0.237. The van der Waals surface area contributed by atoms with Gasteiger partial charge in [-0.1, -0.05) is 42.5 Å². The molecule has 6 nitrogen and oxygen atoms in total. The Bertz CT molecular complexity index is 728. The first kappa shape index (κ1) is 18.6. The number of carbonyl (C=O) groups excluding carboxylic acids is 1. The average molecular weight is 373 g/mol. The molecule has 0 radical (unpaired) electrons. The maximum Gasteiger partial charge on any atom is 0.328 e. The van der Waals surface area contributed by atoms with E-state index in [-0.39, 0.29) is 18.6 Å². The lowest BCUT2D eigenvalue weighted by molar-refractivity contribution is -0.263. The minimum atomic E-state index is -0.755. The number of aliphatic hydroxyl groups is 1. The molecule has 3 aliphatic rings. The van der Waals surface area contributed by atoms with Gasteiger partial charge in [-0.05, 0) is 27.2 Å². The number of rotatable bonds is 3. The SMILES string of the molecule is CC(C)(C)OC(=O)[C@@]12CC=C[C@H]([C@@H]3O[C@H](c4ccccc4)OC[C@H]3O)N1C2. The Morgan fingerprint density at radius 3 is 2.74 bits per heavy atom. The third kappa shape index (κ3) is 3.55. The summed E-state index contributed by atoms with van der Waals surface area (Å²) in [5.74, 6) is -0.203. The van der Waals surface area contributed by atoms with Crippen molar-refractivity contribution in [1.29, 1.82) is 0 Å². The Morgan fingerprint density at radius 2 is 2.04 bits per heavy atom. The average Bonchev–Trinajstić information content (AvgIpc) is 3.38. The van der Waals surface area contributed by atoms with Crippen molar-refractivity contribution in [3.8, 4) is 0 Å². The molecule has 6 heteroatoms. The largest absolute Gasteiger partial charge is 0.459 e. The number of hydrogen-bond acceptors (Lipinski definition) is 6. The lowest BCUT2D eigenvalue weighted by Crippen LogP contribution is -2.52. The molecule has 0 bridgehead atoms. The highest BCUT2D eigenvalue weighted by molar-refractivity contribution is 5.86. The maximum atomic E-state index is 12.7. The molecule has 3 heterocycles. The molecule has 146 valence electrons. The molecule has 1 aromatic carbocycles. The van der Waals surface area contributed by atoms with Gasteiger partial charge in [0.15, 0.2) is 6.29 Å². The van der Waals surface area contributed by atoms with Gasteiger partial charge in [0, 0.05) is 12.1 Å². The van der Waals surface area contributed by atoms with Crippen LogP contribution in [0.25, 0.3) is 0 Å². The van der Waals surface area contributed by atoms with E-state index in [1.165, 1.54) is 0 Å². The molecule has 0 spiro atoms. The summed E-state index contributed by atoms with van der Waals surface area (Å²) < 4.78 is 17.4. The van der Waals surface area contributed by atoms with Crippen LogP contribution in [-0.2, 0) is 19.0 Å². The van der Waals surface area contributed by atoms with Gasteiger partial charge in [-0.25, -0.2) is 4.79 Å². The van der Waals surface area contributed by atoms with Gasteiger partial charge in [0.2, 0.25) is 0 Å². The fraction of sp³-hybridized carbons (Fsp3) is 0.571. The third-order valence-corrected chi connectivity index (χ3v) is 5.29. The molecule has 0 aliphatic carbocycles. The second kappa shape index (κ2) is 6.71. The normalized spacial score (nSPS) is 38.1. The first-order valence-corrected chi connectivity index (χ1v) is 9.47. The van der Waals surface area contributed by atoms with Crippen molar-refractivity contribution in [3.63, 3.8) is 0 Å². The lowest BCUT2D eigenvalue weighted by atomic mass is 9.96. The van der Waals surface area contributed by atoms with Crippen LogP contribution < -0.4 is 0 Å². The summed E-state index contributed by atoms with van der Waals surface area (Å²) in [5, 5.41) is 10.5. The molecule has 2 fully saturated rings. The van der Waals surface area contributed by atoms with Gasteiger partial charge in [-0.3, -0.25) is 4.90 Å². The molecule has 4 rings (SSSR count). The second-order valence-corrected chi connectivity index (χ2v) is 8.53. The van der Waals surface area contributed by atoms with Crippen molar-refractivity contribution in [2.75, 3.05) is 13.2 Å². The summed E-state index contributed by atoms with van der Waals surface area (Å²) in [7, 11) is 0. The Morgan fingerprint density at radius 1 is 1.30 bits per heavy atom. The number of nitrogens with zero attached hydrogens (tertiary/aromatic N) is 1. The van der Waals surface area contributed by atoms with Crippen LogP contribution >= 0.6 is 0 Å². The van der Waals surface area contributed by atoms with Crippen LogP contribution in [0.1, 0.15) is 39.0 Å². The molecule has 1 N–H and O–H groups in total. The number of ether oxygens (including phenoxy) is 3. The fourth-order valence-electron chi connectivity index (χ4n) is 3.90. The van der Waals surface area contributed by atoms with E-state index in [2.05, 4.69) is 4.90 Å². The Hall–Kier alpha value is -1.73. The number of benzene rings is 1. The zero-order valence-corrected chi connectivity index (χ0v) is 16.0. The third-order valence-electron chi connectivity index (χ3n) is 5.29. The lowest BCUT2D eigenvalue weighted by Gasteiger charge is -2.39. The van der Waals surface area contributed by atoms with Crippen molar-refractivity contribution in [2.45, 2.75) is 62.9 Å². The van der Waals surface area contributed by atoms with Gasteiger partial charge in [0.05, 0.1) is 12.6 Å². The van der Waals surface area contributed by atoms with Crippen LogP contribution in [0.15, 0.2) is 42.5 Å². The summed E-state index contributed by atoms with van der Waals surface area (Å²) in [6.07, 6.45) is 2.91. The Kier molecular flexibility index (Phi) is 4.63. The van der Waals surface area contributed by atoms with Gasteiger partial charge in [0.1, 0.15) is 23.3 Å². The van der Waals surface area contributed by atoms with Gasteiger partial charge in [-0.2, -0.15) is 0 Å². The predicted octanol–water partition coefficient (Wildman–Crippen LogP) is 2.19. The van der Waals surface area contributed by atoms with Crippen LogP contribution in [0.4, 0.5) is 0 Å². The van der Waals surface area contributed by atoms with Crippen molar-refractivity contribution < 1.29 is 24.1 Å². The quantitative estimate of drug-likeness (QED) is 0.498. The minimum Gasteiger partial charge on any atom is -0.459 e. The molecular weight excluding hydrogens is 346 g/mol. The first-order chi connectivity index (χ1) is 12.8. The van der Waals surface area contributed by atoms with E-state index in [9.17, 15) is 9.90 Å². The first-order valence-electron chi connectivity index (χ1n) is 9.47. The molecule has 0 aromatic heterocycles. The fourth-order valence-corrected chi connectivity index (χ4v) is 3.90. The van der Waals surface area contributed by atoms with E-state index in [1.54, 1.807) is 0 Å². The van der Waals surface area contributed by atoms with Crippen molar-refractivity contribution >= 4 is 5.97 Å². The highest BCUT2D eigenvalue weighted by Crippen LogP contribution is 2.46. The number of hydrogen-bond donors (Lipinski definition) is 1. The van der Waals surface area contributed by atoms with E-state index >= 15 is 0 Å². The van der Waals surface area contributed by atoms with E-state index in [0.717, 1.165) is 5.56 Å². The summed E-state index contributed by atoms with van der Waals surface area (Å²) in [4.78, 5) is 14.8. The molecular formula is C21H27NO5. The molecule has 0 amide bonds. The number of fused-ring (bicyclic) bond motifs is 1. The van der Waals surface area contributed by atoms with Gasteiger partial charge in [-0.15, -0.1) is 0 Å². The van der Waals surface area contributed by atoms with Gasteiger partial charge in [0.25, 0.3) is 0 Å². The number of carbonyl (C=O) groups is 1. The van der Waals surface area contributed by atoms with Crippen molar-refractivity contribution in [3.05, 3.63) is 48.0 Å². The second-order valence-electron chi connectivity index (χ2n) is 8.53. The highest BCUT2D eigenvalue weighted by atomic mass is 16.7.